The molecular weight excluding hydrogens is 372 g/mol. The summed E-state index contributed by atoms with van der Waals surface area (Å²) >= 11 is 1.43. The van der Waals surface area contributed by atoms with Gasteiger partial charge in [-0.15, -0.1) is 11.3 Å². The minimum Gasteiger partial charge on any atom is -0.508 e. The number of phenols is 1. The summed E-state index contributed by atoms with van der Waals surface area (Å²) in [5, 5.41) is 13.4. The van der Waals surface area contributed by atoms with Crippen LogP contribution in [0, 0.1) is 5.92 Å². The highest BCUT2D eigenvalue weighted by molar-refractivity contribution is 7.09. The highest BCUT2D eigenvalue weighted by atomic mass is 32.1. The van der Waals surface area contributed by atoms with Gasteiger partial charge < -0.3 is 9.84 Å². The minimum absolute atomic E-state index is 0.172. The first kappa shape index (κ1) is 19.9. The van der Waals surface area contributed by atoms with Crippen LogP contribution in [0.5, 0.6) is 5.75 Å². The van der Waals surface area contributed by atoms with Crippen LogP contribution >= 0.6 is 11.3 Å². The number of ether oxygens (including phenoxy) is 1. The number of nitrogens with one attached hydrogen (secondary N) is 1. The van der Waals surface area contributed by atoms with Gasteiger partial charge in [-0.1, -0.05) is 44.2 Å². The third-order valence-electron chi connectivity index (χ3n) is 4.22. The maximum Gasteiger partial charge on any atom is 0.411 e. The molecule has 6 heteroatoms. The summed E-state index contributed by atoms with van der Waals surface area (Å²) in [6.45, 7) is 4.32. The number of amides is 1. The fraction of sp³-hybridized carbons (Fsp3) is 0.273. The second-order valence-corrected chi connectivity index (χ2v) is 8.04. The molecule has 2 aromatic carbocycles. The van der Waals surface area contributed by atoms with E-state index >= 15 is 0 Å². The van der Waals surface area contributed by atoms with Crippen molar-refractivity contribution < 1.29 is 14.6 Å². The Hall–Kier alpha value is -2.86. The van der Waals surface area contributed by atoms with E-state index in [9.17, 15) is 9.90 Å². The summed E-state index contributed by atoms with van der Waals surface area (Å²) in [5.74, 6) is 0.527. The van der Waals surface area contributed by atoms with Crippen LogP contribution in [0.1, 0.15) is 35.4 Å². The Kier molecular flexibility index (Phi) is 6.66. The normalized spacial score (nSPS) is 10.8. The fourth-order valence-electron chi connectivity index (χ4n) is 2.98. The number of carbonyl (C=O) groups is 1. The Balaban J connectivity index is 1.79. The SMILES string of the molecule is CC(C)Cc1c(O)cc(Cc2ccccc2)cc1NC(=O)OCc1cncs1. The maximum absolute atomic E-state index is 12.3. The van der Waals surface area contributed by atoms with E-state index < -0.39 is 6.09 Å². The molecular formula is C22H24N2O3S. The molecule has 0 fully saturated rings. The summed E-state index contributed by atoms with van der Waals surface area (Å²) in [4.78, 5) is 17.1. The van der Waals surface area contributed by atoms with Crippen molar-refractivity contribution in [1.29, 1.82) is 0 Å². The molecule has 5 nitrogen and oxygen atoms in total. The summed E-state index contributed by atoms with van der Waals surface area (Å²) in [7, 11) is 0. The van der Waals surface area contributed by atoms with Crippen LogP contribution in [0.4, 0.5) is 10.5 Å². The van der Waals surface area contributed by atoms with Gasteiger partial charge in [0.05, 0.1) is 16.1 Å². The summed E-state index contributed by atoms with van der Waals surface area (Å²) < 4.78 is 5.29. The molecule has 0 aliphatic rings. The highest BCUT2D eigenvalue weighted by Crippen LogP contribution is 2.31. The molecule has 0 radical (unpaired) electrons. The molecule has 0 aliphatic carbocycles. The van der Waals surface area contributed by atoms with E-state index in [2.05, 4.69) is 24.1 Å². The number of hydrogen-bond donors (Lipinski definition) is 2. The lowest BCUT2D eigenvalue weighted by Gasteiger charge is -2.16. The number of anilines is 1. The lowest BCUT2D eigenvalue weighted by Crippen LogP contribution is -2.15. The van der Waals surface area contributed by atoms with E-state index in [1.165, 1.54) is 11.3 Å². The molecule has 0 unspecified atom stereocenters. The van der Waals surface area contributed by atoms with Gasteiger partial charge in [0.15, 0.2) is 0 Å². The van der Waals surface area contributed by atoms with Crippen LogP contribution < -0.4 is 5.32 Å². The zero-order valence-electron chi connectivity index (χ0n) is 16.0. The van der Waals surface area contributed by atoms with Gasteiger partial charge in [-0.05, 0) is 42.0 Å². The van der Waals surface area contributed by atoms with Crippen molar-refractivity contribution in [1.82, 2.24) is 4.98 Å². The third-order valence-corrected chi connectivity index (χ3v) is 4.97. The molecule has 28 heavy (non-hydrogen) atoms. The smallest absolute Gasteiger partial charge is 0.411 e. The number of phenolic OH excluding ortho intramolecular Hbond substituents is 1. The molecule has 146 valence electrons. The van der Waals surface area contributed by atoms with Gasteiger partial charge in [-0.25, -0.2) is 4.79 Å². The number of benzene rings is 2. The molecule has 3 aromatic rings. The van der Waals surface area contributed by atoms with E-state index in [1.807, 2.05) is 36.4 Å². The summed E-state index contributed by atoms with van der Waals surface area (Å²) in [6.07, 6.45) is 2.45. The van der Waals surface area contributed by atoms with Gasteiger partial charge in [0.2, 0.25) is 0 Å². The quantitative estimate of drug-likeness (QED) is 0.562. The number of nitrogens with zero attached hydrogens (tertiary/aromatic N) is 1. The van der Waals surface area contributed by atoms with Crippen molar-refractivity contribution in [2.45, 2.75) is 33.3 Å². The van der Waals surface area contributed by atoms with Gasteiger partial charge >= 0.3 is 6.09 Å². The van der Waals surface area contributed by atoms with E-state index in [-0.39, 0.29) is 12.4 Å². The van der Waals surface area contributed by atoms with Gasteiger partial charge in [-0.2, -0.15) is 0 Å². The monoisotopic (exact) mass is 396 g/mol. The first-order valence-corrected chi connectivity index (χ1v) is 10.1. The molecule has 3 rings (SSSR count). The molecule has 0 aliphatic heterocycles. The first-order valence-electron chi connectivity index (χ1n) is 9.21. The maximum atomic E-state index is 12.3. The van der Waals surface area contributed by atoms with Crippen LogP contribution in [0.15, 0.2) is 54.2 Å². The van der Waals surface area contributed by atoms with Crippen LogP contribution in [0.25, 0.3) is 0 Å². The Labute approximate surface area is 169 Å². The molecule has 1 amide bonds. The van der Waals surface area contributed by atoms with E-state index in [1.54, 1.807) is 17.8 Å². The number of rotatable bonds is 7. The summed E-state index contributed by atoms with van der Waals surface area (Å²) in [6, 6.07) is 13.7. The largest absolute Gasteiger partial charge is 0.508 e. The van der Waals surface area contributed by atoms with Gasteiger partial charge in [0, 0.05) is 11.8 Å². The highest BCUT2D eigenvalue weighted by Gasteiger charge is 2.15. The predicted octanol–water partition coefficient (Wildman–Crippen LogP) is 5.39. The van der Waals surface area contributed by atoms with Crippen LogP contribution in [0.3, 0.4) is 0 Å². The molecule has 0 atom stereocenters. The molecule has 1 heterocycles. The average molecular weight is 397 g/mol. The Bertz CT molecular complexity index is 909. The molecule has 2 N–H and O–H groups in total. The number of carbonyl (C=O) groups excluding carboxylic acids is 1. The molecule has 0 spiro atoms. The van der Waals surface area contributed by atoms with Crippen molar-refractivity contribution in [2.24, 2.45) is 5.92 Å². The molecule has 0 saturated carbocycles. The van der Waals surface area contributed by atoms with Crippen LogP contribution in [0.2, 0.25) is 0 Å². The lowest BCUT2D eigenvalue weighted by atomic mass is 9.96. The standard InChI is InChI=1S/C22H24N2O3S/c1-15(2)8-19-20(24-22(26)27-13-18-12-23-14-28-18)10-17(11-21(19)25)9-16-6-4-3-5-7-16/h3-7,10-12,14-15,25H,8-9,13H2,1-2H3,(H,24,26). The number of aromatic nitrogens is 1. The van der Waals surface area contributed by atoms with E-state index in [0.29, 0.717) is 24.4 Å². The average Bonchev–Trinajstić information content (AvgIpc) is 3.17. The lowest BCUT2D eigenvalue weighted by molar-refractivity contribution is 0.156. The van der Waals surface area contributed by atoms with Crippen molar-refractivity contribution in [3.8, 4) is 5.75 Å². The Morgan fingerprint density at radius 2 is 2.00 bits per heavy atom. The van der Waals surface area contributed by atoms with Crippen molar-refractivity contribution in [2.75, 3.05) is 5.32 Å². The molecule has 0 saturated heterocycles. The van der Waals surface area contributed by atoms with Crippen LogP contribution in [-0.2, 0) is 24.2 Å². The topological polar surface area (TPSA) is 71.5 Å². The Morgan fingerprint density at radius 3 is 2.68 bits per heavy atom. The van der Waals surface area contributed by atoms with Gasteiger partial charge in [-0.3, -0.25) is 10.3 Å². The first-order chi connectivity index (χ1) is 13.5. The zero-order valence-corrected chi connectivity index (χ0v) is 16.8. The van der Waals surface area contributed by atoms with Crippen LogP contribution in [-0.4, -0.2) is 16.2 Å². The second kappa shape index (κ2) is 9.37. The fourth-order valence-corrected chi connectivity index (χ4v) is 3.48. The number of aromatic hydroxyl groups is 1. The van der Waals surface area contributed by atoms with Crippen molar-refractivity contribution in [3.63, 3.8) is 0 Å². The van der Waals surface area contributed by atoms with Crippen molar-refractivity contribution in [3.05, 3.63) is 75.7 Å². The molecule has 0 bridgehead atoms. The molecule has 1 aromatic heterocycles. The van der Waals surface area contributed by atoms with Gasteiger partial charge in [0.25, 0.3) is 0 Å². The third kappa shape index (κ3) is 5.57. The number of hydrogen-bond acceptors (Lipinski definition) is 5. The Morgan fingerprint density at radius 1 is 1.21 bits per heavy atom. The minimum atomic E-state index is -0.547. The van der Waals surface area contributed by atoms with E-state index in [0.717, 1.165) is 21.6 Å². The predicted molar refractivity (Wildman–Crippen MR) is 112 cm³/mol. The second-order valence-electron chi connectivity index (χ2n) is 7.07. The zero-order chi connectivity index (χ0) is 19.9. The van der Waals surface area contributed by atoms with Gasteiger partial charge in [0.1, 0.15) is 12.4 Å². The summed E-state index contributed by atoms with van der Waals surface area (Å²) in [5.41, 5.74) is 5.07. The number of thiazole rings is 1. The van der Waals surface area contributed by atoms with E-state index in [4.69, 9.17) is 4.74 Å². The van der Waals surface area contributed by atoms with Crippen molar-refractivity contribution >= 4 is 23.1 Å².